The zero-order chi connectivity index (χ0) is 14.5. The van der Waals surface area contributed by atoms with Crippen LogP contribution in [-0.4, -0.2) is 19.7 Å². The zero-order valence-electron chi connectivity index (χ0n) is 12.6. The number of nitrogens with one attached hydrogen (secondary N) is 1. The molecule has 0 aliphatic heterocycles. The largest absolute Gasteiger partial charge is 0.453 e. The summed E-state index contributed by atoms with van der Waals surface area (Å²) in [6, 6.07) is 8.67. The van der Waals surface area contributed by atoms with E-state index in [4.69, 9.17) is 0 Å². The van der Waals surface area contributed by atoms with Gasteiger partial charge in [0.25, 0.3) is 0 Å². The summed E-state index contributed by atoms with van der Waals surface area (Å²) in [5.41, 5.74) is 2.47. The van der Waals surface area contributed by atoms with Gasteiger partial charge < -0.3 is 10.1 Å². The van der Waals surface area contributed by atoms with Crippen LogP contribution in [0.15, 0.2) is 24.3 Å². The lowest BCUT2D eigenvalue weighted by Gasteiger charge is -2.26. The van der Waals surface area contributed by atoms with E-state index in [1.807, 2.05) is 0 Å². The van der Waals surface area contributed by atoms with Crippen LogP contribution in [0.3, 0.4) is 0 Å². The minimum absolute atomic E-state index is 0.109. The number of methoxy groups -OCH3 is 1. The van der Waals surface area contributed by atoms with Crippen molar-refractivity contribution >= 4 is 6.09 Å². The Morgan fingerprint density at radius 2 is 1.89 bits per heavy atom. The molecule has 0 aliphatic rings. The molecule has 0 aromatic heterocycles. The maximum absolute atomic E-state index is 11.1. The fraction of sp³-hybridized carbons (Fsp3) is 0.562. The van der Waals surface area contributed by atoms with Crippen LogP contribution in [0.4, 0.5) is 4.79 Å². The van der Waals surface area contributed by atoms with E-state index in [1.165, 1.54) is 18.2 Å². The predicted molar refractivity (Wildman–Crippen MR) is 78.6 cm³/mol. The molecule has 0 radical (unpaired) electrons. The Bertz CT molecular complexity index is 409. The van der Waals surface area contributed by atoms with Crippen LogP contribution in [0.5, 0.6) is 0 Å². The first kappa shape index (κ1) is 15.5. The quantitative estimate of drug-likeness (QED) is 0.876. The van der Waals surface area contributed by atoms with Crippen LogP contribution in [-0.2, 0) is 10.2 Å². The molecule has 0 spiro atoms. The van der Waals surface area contributed by atoms with Gasteiger partial charge in [0.1, 0.15) is 0 Å². The molecule has 0 saturated carbocycles. The van der Waals surface area contributed by atoms with Crippen molar-refractivity contribution in [2.75, 3.05) is 13.7 Å². The van der Waals surface area contributed by atoms with Crippen LogP contribution < -0.4 is 5.32 Å². The molecule has 106 valence electrons. The molecule has 1 aromatic rings. The second-order valence-corrected chi connectivity index (χ2v) is 5.66. The van der Waals surface area contributed by atoms with Gasteiger partial charge in [-0.1, -0.05) is 52.0 Å². The maximum atomic E-state index is 11.1. The number of hydrogen-bond acceptors (Lipinski definition) is 2. The Morgan fingerprint density at radius 1 is 1.32 bits per heavy atom. The summed E-state index contributed by atoms with van der Waals surface area (Å²) in [6.45, 7) is 9.21. The number of carbonyl (C=O) groups is 1. The number of carbonyl (C=O) groups excluding carboxylic acids is 1. The highest BCUT2D eigenvalue weighted by molar-refractivity contribution is 5.67. The van der Waals surface area contributed by atoms with Gasteiger partial charge in [-0.3, -0.25) is 0 Å². The highest BCUT2D eigenvalue weighted by Gasteiger charge is 2.21. The predicted octanol–water partition coefficient (Wildman–Crippen LogP) is 3.83. The van der Waals surface area contributed by atoms with Gasteiger partial charge in [-0.2, -0.15) is 0 Å². The van der Waals surface area contributed by atoms with Gasteiger partial charge in [0.15, 0.2) is 0 Å². The number of alkyl carbamates (subject to hydrolysis) is 1. The highest BCUT2D eigenvalue weighted by Crippen LogP contribution is 2.25. The van der Waals surface area contributed by atoms with E-state index in [0.717, 1.165) is 6.42 Å². The minimum Gasteiger partial charge on any atom is -0.453 e. The number of ether oxygens (including phenoxy) is 1. The summed E-state index contributed by atoms with van der Waals surface area (Å²) in [7, 11) is 1.38. The average molecular weight is 263 g/mol. The van der Waals surface area contributed by atoms with Gasteiger partial charge in [0.2, 0.25) is 0 Å². The molecule has 1 rings (SSSR count). The highest BCUT2D eigenvalue weighted by atomic mass is 16.5. The molecular formula is C16H25NO2. The topological polar surface area (TPSA) is 38.3 Å². The van der Waals surface area contributed by atoms with Crippen molar-refractivity contribution in [3.8, 4) is 0 Å². The van der Waals surface area contributed by atoms with Crippen molar-refractivity contribution in [1.82, 2.24) is 5.32 Å². The van der Waals surface area contributed by atoms with E-state index >= 15 is 0 Å². The molecule has 1 atom stereocenters. The maximum Gasteiger partial charge on any atom is 0.406 e. The van der Waals surface area contributed by atoms with Crippen molar-refractivity contribution in [1.29, 1.82) is 0 Å². The van der Waals surface area contributed by atoms with Gasteiger partial charge in [0.05, 0.1) is 7.11 Å². The van der Waals surface area contributed by atoms with Gasteiger partial charge in [0, 0.05) is 12.0 Å². The van der Waals surface area contributed by atoms with E-state index < -0.39 is 0 Å². The molecule has 3 nitrogen and oxygen atoms in total. The second-order valence-electron chi connectivity index (χ2n) is 5.66. The Hall–Kier alpha value is -1.51. The molecule has 1 unspecified atom stereocenters. The summed E-state index contributed by atoms with van der Waals surface area (Å²) in [5.74, 6) is 0.588. The number of benzene rings is 1. The van der Waals surface area contributed by atoms with Crippen molar-refractivity contribution in [2.45, 2.75) is 45.4 Å². The Morgan fingerprint density at radius 3 is 2.37 bits per heavy atom. The normalized spacial score (nSPS) is 12.9. The van der Waals surface area contributed by atoms with Gasteiger partial charge in [-0.25, -0.2) is 4.79 Å². The van der Waals surface area contributed by atoms with Crippen LogP contribution in [0, 0.1) is 0 Å². The lowest BCUT2D eigenvalue weighted by molar-refractivity contribution is 0.168. The van der Waals surface area contributed by atoms with Gasteiger partial charge in [-0.15, -0.1) is 0 Å². The van der Waals surface area contributed by atoms with Crippen molar-refractivity contribution < 1.29 is 9.53 Å². The summed E-state index contributed by atoms with van der Waals surface area (Å²) in [5, 5.41) is 2.76. The lowest BCUT2D eigenvalue weighted by atomic mass is 9.83. The van der Waals surface area contributed by atoms with Crippen molar-refractivity contribution in [3.05, 3.63) is 35.4 Å². The fourth-order valence-electron chi connectivity index (χ4n) is 1.97. The van der Waals surface area contributed by atoms with E-state index in [0.29, 0.717) is 12.5 Å². The second kappa shape index (κ2) is 6.60. The summed E-state index contributed by atoms with van der Waals surface area (Å²) >= 11 is 0. The minimum atomic E-state index is -0.385. The summed E-state index contributed by atoms with van der Waals surface area (Å²) in [4.78, 5) is 11.1. The molecule has 0 saturated heterocycles. The van der Waals surface area contributed by atoms with E-state index in [9.17, 15) is 4.79 Å². The monoisotopic (exact) mass is 263 g/mol. The molecule has 0 aliphatic carbocycles. The first-order valence-corrected chi connectivity index (χ1v) is 6.83. The van der Waals surface area contributed by atoms with Crippen LogP contribution in [0.2, 0.25) is 0 Å². The average Bonchev–Trinajstić information content (AvgIpc) is 2.44. The third kappa shape index (κ3) is 4.27. The molecule has 3 heteroatoms. The van der Waals surface area contributed by atoms with E-state index in [2.05, 4.69) is 62.0 Å². The first-order valence-electron chi connectivity index (χ1n) is 6.83. The fourth-order valence-corrected chi connectivity index (χ4v) is 1.97. The van der Waals surface area contributed by atoms with E-state index in [-0.39, 0.29) is 11.5 Å². The Balaban J connectivity index is 2.75. The lowest BCUT2D eigenvalue weighted by Crippen LogP contribution is -2.36. The molecule has 0 bridgehead atoms. The molecule has 0 fully saturated rings. The third-order valence-electron chi connectivity index (χ3n) is 3.73. The SMILES string of the molecule is CCC(C)c1ccc(C(C)(C)CNC(=O)OC)cc1. The van der Waals surface area contributed by atoms with Gasteiger partial charge in [-0.05, 0) is 23.5 Å². The van der Waals surface area contributed by atoms with E-state index in [1.54, 1.807) is 0 Å². The Kier molecular flexibility index (Phi) is 5.40. The molecule has 1 amide bonds. The first-order chi connectivity index (χ1) is 8.90. The summed E-state index contributed by atoms with van der Waals surface area (Å²) in [6.07, 6.45) is 0.761. The van der Waals surface area contributed by atoms with Gasteiger partial charge >= 0.3 is 6.09 Å². The molecular weight excluding hydrogens is 238 g/mol. The number of hydrogen-bond donors (Lipinski definition) is 1. The van der Waals surface area contributed by atoms with Crippen LogP contribution >= 0.6 is 0 Å². The third-order valence-corrected chi connectivity index (χ3v) is 3.73. The smallest absolute Gasteiger partial charge is 0.406 e. The van der Waals surface area contributed by atoms with Crippen molar-refractivity contribution in [3.63, 3.8) is 0 Å². The molecule has 19 heavy (non-hydrogen) atoms. The zero-order valence-corrected chi connectivity index (χ0v) is 12.6. The summed E-state index contributed by atoms with van der Waals surface area (Å²) < 4.78 is 4.60. The number of rotatable bonds is 5. The molecule has 0 heterocycles. The van der Waals surface area contributed by atoms with Crippen LogP contribution in [0.25, 0.3) is 0 Å². The van der Waals surface area contributed by atoms with Crippen LogP contribution in [0.1, 0.15) is 51.2 Å². The molecule has 1 N–H and O–H groups in total. The molecule has 1 aromatic carbocycles. The standard InChI is InChI=1S/C16H25NO2/c1-6-12(2)13-7-9-14(10-8-13)16(3,4)11-17-15(18)19-5/h7-10,12H,6,11H2,1-5H3,(H,17,18). The van der Waals surface area contributed by atoms with Crippen molar-refractivity contribution in [2.24, 2.45) is 0 Å². The number of amides is 1. The Labute approximate surface area is 116 Å².